The number of ether oxygens (including phenoxy) is 1. The Balaban J connectivity index is 1.54. The molecule has 9 heteroatoms. The molecule has 1 aliphatic heterocycles. The molecule has 172 valence electrons. The zero-order valence-corrected chi connectivity index (χ0v) is 19.2. The molecule has 2 aliphatic rings. The van der Waals surface area contributed by atoms with Gasteiger partial charge in [0.25, 0.3) is 5.91 Å². The van der Waals surface area contributed by atoms with Crippen molar-refractivity contribution in [3.8, 4) is 11.4 Å². The van der Waals surface area contributed by atoms with Crippen molar-refractivity contribution in [1.29, 1.82) is 0 Å². The number of imidazole rings is 1. The van der Waals surface area contributed by atoms with Gasteiger partial charge in [0.05, 0.1) is 43.3 Å². The van der Waals surface area contributed by atoms with Crippen molar-refractivity contribution in [2.24, 2.45) is 0 Å². The van der Waals surface area contributed by atoms with Gasteiger partial charge in [-0.15, -0.1) is 0 Å². The Morgan fingerprint density at radius 2 is 2.06 bits per heavy atom. The number of nitrogens with zero attached hydrogens (tertiary/aromatic N) is 5. The molecule has 1 fully saturated rings. The third kappa shape index (κ3) is 3.67. The monoisotopic (exact) mass is 447 g/mol. The van der Waals surface area contributed by atoms with Crippen LogP contribution in [0.3, 0.4) is 0 Å². The third-order valence-corrected chi connectivity index (χ3v) is 6.64. The standard InChI is InChI=1S/C24H29N7O2/c1-4-18-19-12-26-14-30(19)20-13-27-24(29-22(20)31(18)16-7-5-6-8-16)28-17-10-9-15(23(32)25-2)11-21(17)33-3/h9-14,16,18H,4-8H2,1-3H3,(H,25,32)(H,27,28,29). The highest BCUT2D eigenvalue weighted by atomic mass is 16.5. The summed E-state index contributed by atoms with van der Waals surface area (Å²) in [5, 5.41) is 5.92. The third-order valence-electron chi connectivity index (χ3n) is 6.64. The topological polar surface area (TPSA) is 97.2 Å². The zero-order valence-electron chi connectivity index (χ0n) is 19.2. The van der Waals surface area contributed by atoms with Crippen molar-refractivity contribution >= 4 is 23.4 Å². The molecule has 1 amide bonds. The van der Waals surface area contributed by atoms with Crippen LogP contribution in [0.25, 0.3) is 5.69 Å². The van der Waals surface area contributed by atoms with E-state index in [4.69, 9.17) is 9.72 Å². The Hall–Kier alpha value is -3.62. The van der Waals surface area contributed by atoms with Gasteiger partial charge in [-0.3, -0.25) is 9.36 Å². The highest BCUT2D eigenvalue weighted by molar-refractivity contribution is 5.95. The van der Waals surface area contributed by atoms with Gasteiger partial charge >= 0.3 is 0 Å². The average Bonchev–Trinajstić information content (AvgIpc) is 3.55. The number of nitrogens with one attached hydrogen (secondary N) is 2. The van der Waals surface area contributed by atoms with Gasteiger partial charge in [-0.25, -0.2) is 9.97 Å². The Kier molecular flexibility index (Phi) is 5.62. The summed E-state index contributed by atoms with van der Waals surface area (Å²) in [6.07, 6.45) is 11.5. The average molecular weight is 448 g/mol. The summed E-state index contributed by atoms with van der Waals surface area (Å²) in [6, 6.07) is 5.95. The normalized spacial score (nSPS) is 17.4. The summed E-state index contributed by atoms with van der Waals surface area (Å²) in [7, 11) is 3.18. The highest BCUT2D eigenvalue weighted by Gasteiger charge is 2.37. The van der Waals surface area contributed by atoms with Crippen LogP contribution in [-0.4, -0.2) is 45.6 Å². The maximum Gasteiger partial charge on any atom is 0.251 e. The number of amides is 1. The molecule has 3 aromatic rings. The van der Waals surface area contributed by atoms with Crippen LogP contribution in [0.4, 0.5) is 17.5 Å². The van der Waals surface area contributed by atoms with E-state index in [1.807, 2.05) is 24.8 Å². The van der Waals surface area contributed by atoms with Crippen LogP contribution in [0.2, 0.25) is 0 Å². The van der Waals surface area contributed by atoms with Crippen LogP contribution in [0.5, 0.6) is 5.75 Å². The minimum absolute atomic E-state index is 0.168. The fourth-order valence-corrected chi connectivity index (χ4v) is 5.05. The van der Waals surface area contributed by atoms with Crippen molar-refractivity contribution in [3.63, 3.8) is 0 Å². The first-order chi connectivity index (χ1) is 16.1. The van der Waals surface area contributed by atoms with Crippen molar-refractivity contribution in [2.45, 2.75) is 51.1 Å². The van der Waals surface area contributed by atoms with Crippen molar-refractivity contribution in [2.75, 3.05) is 24.4 Å². The lowest BCUT2D eigenvalue weighted by atomic mass is 10.0. The summed E-state index contributed by atoms with van der Waals surface area (Å²) < 4.78 is 7.63. The SMILES string of the molecule is CCC1c2cncn2-c2cnc(Nc3ccc(C(=O)NC)cc3OC)nc2N1C1CCCC1. The first-order valence-electron chi connectivity index (χ1n) is 11.5. The van der Waals surface area contributed by atoms with Crippen LogP contribution in [-0.2, 0) is 0 Å². The maximum absolute atomic E-state index is 12.0. The van der Waals surface area contributed by atoms with E-state index in [0.29, 0.717) is 29.0 Å². The molecule has 2 N–H and O–H groups in total. The number of anilines is 3. The second kappa shape index (κ2) is 8.73. The van der Waals surface area contributed by atoms with Gasteiger partial charge in [-0.1, -0.05) is 19.8 Å². The van der Waals surface area contributed by atoms with Crippen LogP contribution in [0.15, 0.2) is 36.9 Å². The number of fused-ring (bicyclic) bond motifs is 3. The molecule has 9 nitrogen and oxygen atoms in total. The van der Waals surface area contributed by atoms with Gasteiger partial charge in [0.2, 0.25) is 5.95 Å². The Morgan fingerprint density at radius 3 is 2.79 bits per heavy atom. The molecule has 0 bridgehead atoms. The van der Waals surface area contributed by atoms with E-state index in [0.717, 1.165) is 17.9 Å². The van der Waals surface area contributed by atoms with Crippen LogP contribution >= 0.6 is 0 Å². The quantitative estimate of drug-likeness (QED) is 0.590. The van der Waals surface area contributed by atoms with Crippen molar-refractivity contribution in [3.05, 3.63) is 48.2 Å². The summed E-state index contributed by atoms with van der Waals surface area (Å²) in [5.74, 6) is 1.80. The zero-order chi connectivity index (χ0) is 22.9. The second-order valence-corrected chi connectivity index (χ2v) is 8.48. The number of hydrogen-bond acceptors (Lipinski definition) is 7. The van der Waals surface area contributed by atoms with Crippen LogP contribution in [0, 0.1) is 0 Å². The summed E-state index contributed by atoms with van der Waals surface area (Å²) in [6.45, 7) is 2.22. The van der Waals surface area contributed by atoms with Crippen molar-refractivity contribution < 1.29 is 9.53 Å². The number of methoxy groups -OCH3 is 1. The van der Waals surface area contributed by atoms with E-state index in [1.54, 1.807) is 26.3 Å². The van der Waals surface area contributed by atoms with Crippen molar-refractivity contribution in [1.82, 2.24) is 24.8 Å². The van der Waals surface area contributed by atoms with Gasteiger partial charge in [-0.05, 0) is 37.5 Å². The first kappa shape index (κ1) is 21.2. The fourth-order valence-electron chi connectivity index (χ4n) is 5.05. The molecule has 1 saturated carbocycles. The lowest BCUT2D eigenvalue weighted by molar-refractivity contribution is 0.0963. The van der Waals surface area contributed by atoms with E-state index >= 15 is 0 Å². The van der Waals surface area contributed by atoms with Crippen LogP contribution < -0.4 is 20.3 Å². The molecule has 3 heterocycles. The molecule has 1 aromatic carbocycles. The Morgan fingerprint density at radius 1 is 1.24 bits per heavy atom. The molecule has 0 radical (unpaired) electrons. The number of rotatable bonds is 6. The Labute approximate surface area is 193 Å². The first-order valence-corrected chi connectivity index (χ1v) is 11.5. The molecule has 0 saturated heterocycles. The molecular formula is C24H29N7O2. The molecular weight excluding hydrogens is 418 g/mol. The van der Waals surface area contributed by atoms with Gasteiger partial charge < -0.3 is 20.3 Å². The molecule has 1 aliphatic carbocycles. The number of benzene rings is 1. The van der Waals surface area contributed by atoms with E-state index in [2.05, 4.69) is 37.0 Å². The van der Waals surface area contributed by atoms with E-state index in [9.17, 15) is 4.79 Å². The highest BCUT2D eigenvalue weighted by Crippen LogP contribution is 2.43. The number of hydrogen-bond donors (Lipinski definition) is 2. The lowest BCUT2D eigenvalue weighted by Crippen LogP contribution is -2.41. The van der Waals surface area contributed by atoms with E-state index < -0.39 is 0 Å². The van der Waals surface area contributed by atoms with E-state index in [1.165, 1.54) is 31.4 Å². The lowest BCUT2D eigenvalue weighted by Gasteiger charge is -2.41. The summed E-state index contributed by atoms with van der Waals surface area (Å²) >= 11 is 0. The molecule has 33 heavy (non-hydrogen) atoms. The van der Waals surface area contributed by atoms with Gasteiger partial charge in [0.15, 0.2) is 5.82 Å². The molecule has 1 atom stereocenters. The fraction of sp³-hybridized carbons (Fsp3) is 0.417. The molecule has 2 aromatic heterocycles. The van der Waals surface area contributed by atoms with E-state index in [-0.39, 0.29) is 11.9 Å². The largest absolute Gasteiger partial charge is 0.495 e. The molecule has 1 unspecified atom stereocenters. The predicted molar refractivity (Wildman–Crippen MR) is 127 cm³/mol. The maximum atomic E-state index is 12.0. The molecule has 0 spiro atoms. The predicted octanol–water partition coefficient (Wildman–Crippen LogP) is 3.99. The Bertz CT molecular complexity index is 1170. The van der Waals surface area contributed by atoms with Gasteiger partial charge in [-0.2, -0.15) is 4.98 Å². The summed E-state index contributed by atoms with van der Waals surface area (Å²) in [5.41, 5.74) is 3.36. The smallest absolute Gasteiger partial charge is 0.251 e. The summed E-state index contributed by atoms with van der Waals surface area (Å²) in [4.78, 5) is 28.5. The number of aromatic nitrogens is 4. The number of carbonyl (C=O) groups is 1. The molecule has 5 rings (SSSR count). The van der Waals surface area contributed by atoms with Gasteiger partial charge in [0.1, 0.15) is 11.4 Å². The number of carbonyl (C=O) groups excluding carboxylic acids is 1. The van der Waals surface area contributed by atoms with Crippen LogP contribution in [0.1, 0.15) is 61.1 Å². The van der Waals surface area contributed by atoms with Gasteiger partial charge in [0, 0.05) is 18.7 Å². The second-order valence-electron chi connectivity index (χ2n) is 8.48. The minimum atomic E-state index is -0.168. The minimum Gasteiger partial charge on any atom is -0.495 e.